The number of rotatable bonds is 6. The Labute approximate surface area is 211 Å². The Bertz CT molecular complexity index is 1370. The van der Waals surface area contributed by atoms with Crippen LogP contribution in [0.2, 0.25) is 0 Å². The van der Waals surface area contributed by atoms with Crippen LogP contribution < -0.4 is 5.32 Å². The van der Waals surface area contributed by atoms with Crippen LogP contribution in [0.25, 0.3) is 11.8 Å². The number of amides is 1. The van der Waals surface area contributed by atoms with Gasteiger partial charge in [0.2, 0.25) is 0 Å². The lowest BCUT2D eigenvalue weighted by Crippen LogP contribution is -2.45. The summed E-state index contributed by atoms with van der Waals surface area (Å²) in [5.74, 6) is -0.293. The molecule has 0 aliphatic heterocycles. The summed E-state index contributed by atoms with van der Waals surface area (Å²) >= 11 is 0. The van der Waals surface area contributed by atoms with Gasteiger partial charge >= 0.3 is 0 Å². The molecular weight excluding hydrogens is 453 g/mol. The quantitative estimate of drug-likeness (QED) is 0.492. The highest BCUT2D eigenvalue weighted by atomic mass is 19.1. The summed E-state index contributed by atoms with van der Waals surface area (Å²) in [6.45, 7) is 4.25. The van der Waals surface area contributed by atoms with E-state index in [1.807, 2.05) is 35.1 Å². The summed E-state index contributed by atoms with van der Waals surface area (Å²) in [7, 11) is 0. The van der Waals surface area contributed by atoms with E-state index in [9.17, 15) is 14.3 Å². The molecule has 6 rings (SSSR count). The van der Waals surface area contributed by atoms with Gasteiger partial charge in [-0.15, -0.1) is 0 Å². The first-order valence-electron chi connectivity index (χ1n) is 12.9. The van der Waals surface area contributed by atoms with Gasteiger partial charge in [0.05, 0.1) is 23.2 Å². The molecule has 2 N–H and O–H groups in total. The van der Waals surface area contributed by atoms with Crippen LogP contribution in [0.15, 0.2) is 60.3 Å². The predicted molar refractivity (Wildman–Crippen MR) is 137 cm³/mol. The Balaban J connectivity index is 1.24. The van der Waals surface area contributed by atoms with Gasteiger partial charge in [-0.1, -0.05) is 30.7 Å². The number of aromatic nitrogens is 2. The normalized spacial score (nSPS) is 25.6. The molecule has 2 atom stereocenters. The van der Waals surface area contributed by atoms with Gasteiger partial charge in [0, 0.05) is 16.5 Å². The molecule has 3 aromatic rings. The van der Waals surface area contributed by atoms with Crippen LogP contribution in [-0.2, 0) is 12.8 Å². The van der Waals surface area contributed by atoms with Crippen LogP contribution in [0.4, 0.5) is 4.39 Å². The van der Waals surface area contributed by atoms with Gasteiger partial charge in [-0.2, -0.15) is 5.10 Å². The van der Waals surface area contributed by atoms with E-state index in [4.69, 9.17) is 0 Å². The molecule has 0 spiro atoms. The van der Waals surface area contributed by atoms with Crippen molar-refractivity contribution in [1.82, 2.24) is 15.1 Å². The average Bonchev–Trinajstić information content (AvgIpc) is 3.35. The monoisotopic (exact) mass is 485 g/mol. The Hall–Kier alpha value is -3.25. The van der Waals surface area contributed by atoms with Gasteiger partial charge < -0.3 is 10.4 Å². The first-order valence-corrected chi connectivity index (χ1v) is 12.9. The van der Waals surface area contributed by atoms with Crippen LogP contribution in [0.3, 0.4) is 0 Å². The van der Waals surface area contributed by atoms with E-state index in [0.29, 0.717) is 31.2 Å². The standard InChI is InChI=1S/C30H32FN3O2/c1-28(15-16-28)33-27(35)25-6-4-3-5-20(25)11-13-30(36)14-12-22-17-26-21(18-29(22,30)2)19-32-34(26)24-9-7-23(31)8-10-24/h3-10,17,19,36H,11-16,18H2,1-2H3,(H,33,35)/t29?,30-/m0/s1. The van der Waals surface area contributed by atoms with Crippen molar-refractivity contribution in [2.45, 2.75) is 69.9 Å². The number of hydrogen-bond acceptors (Lipinski definition) is 3. The summed E-state index contributed by atoms with van der Waals surface area (Å²) in [6, 6.07) is 14.1. The van der Waals surface area contributed by atoms with E-state index < -0.39 is 11.0 Å². The number of halogens is 1. The number of carbonyl (C=O) groups excluding carboxylic acids is 1. The highest BCUT2D eigenvalue weighted by Gasteiger charge is 2.54. The third-order valence-electron chi connectivity index (χ3n) is 8.84. The number of carbonyl (C=O) groups is 1. The van der Waals surface area contributed by atoms with Crippen LogP contribution in [0.5, 0.6) is 0 Å². The largest absolute Gasteiger partial charge is 0.389 e. The molecule has 0 radical (unpaired) electrons. The second-order valence-corrected chi connectivity index (χ2v) is 11.3. The molecule has 2 aromatic carbocycles. The summed E-state index contributed by atoms with van der Waals surface area (Å²) < 4.78 is 15.3. The molecule has 1 unspecified atom stereocenters. The molecule has 1 amide bonds. The lowest BCUT2D eigenvalue weighted by atomic mass is 9.65. The molecule has 5 nitrogen and oxygen atoms in total. The fourth-order valence-corrected chi connectivity index (χ4v) is 6.07. The molecule has 2 saturated carbocycles. The number of benzene rings is 2. The van der Waals surface area contributed by atoms with Crippen LogP contribution in [-0.4, -0.2) is 31.9 Å². The smallest absolute Gasteiger partial charge is 0.251 e. The van der Waals surface area contributed by atoms with E-state index in [1.165, 1.54) is 17.7 Å². The molecular formula is C30H32FN3O2. The van der Waals surface area contributed by atoms with Crippen molar-refractivity contribution >= 4 is 12.0 Å². The van der Waals surface area contributed by atoms with E-state index in [0.717, 1.165) is 41.8 Å². The zero-order valence-electron chi connectivity index (χ0n) is 20.9. The second kappa shape index (κ2) is 8.13. The van der Waals surface area contributed by atoms with Crippen molar-refractivity contribution in [2.24, 2.45) is 5.41 Å². The van der Waals surface area contributed by atoms with Gasteiger partial charge in [-0.05, 0) is 99.4 Å². The topological polar surface area (TPSA) is 67.2 Å². The third kappa shape index (κ3) is 3.79. The van der Waals surface area contributed by atoms with E-state index in [2.05, 4.69) is 30.3 Å². The minimum atomic E-state index is -0.874. The Morgan fingerprint density at radius 1 is 1.11 bits per heavy atom. The Morgan fingerprint density at radius 2 is 1.86 bits per heavy atom. The van der Waals surface area contributed by atoms with Crippen LogP contribution >= 0.6 is 0 Å². The number of nitrogens with one attached hydrogen (secondary N) is 1. The molecule has 186 valence electrons. The molecule has 3 aliphatic rings. The van der Waals surface area contributed by atoms with Gasteiger partial charge in [-0.3, -0.25) is 4.79 Å². The highest BCUT2D eigenvalue weighted by molar-refractivity contribution is 5.96. The minimum Gasteiger partial charge on any atom is -0.389 e. The van der Waals surface area contributed by atoms with Gasteiger partial charge in [0.15, 0.2) is 0 Å². The lowest BCUT2D eigenvalue weighted by molar-refractivity contribution is -0.0461. The summed E-state index contributed by atoms with van der Waals surface area (Å²) in [5, 5.41) is 19.8. The zero-order valence-corrected chi connectivity index (χ0v) is 20.9. The minimum absolute atomic E-state index is 0.0219. The average molecular weight is 486 g/mol. The lowest BCUT2D eigenvalue weighted by Gasteiger charge is -2.42. The first kappa shape index (κ1) is 23.2. The second-order valence-electron chi connectivity index (χ2n) is 11.3. The maximum Gasteiger partial charge on any atom is 0.251 e. The van der Waals surface area contributed by atoms with Crippen LogP contribution in [0, 0.1) is 11.2 Å². The fourth-order valence-electron chi connectivity index (χ4n) is 6.07. The van der Waals surface area contributed by atoms with Crippen molar-refractivity contribution in [3.05, 3.63) is 88.5 Å². The van der Waals surface area contributed by atoms with Crippen molar-refractivity contribution < 1.29 is 14.3 Å². The molecule has 1 aromatic heterocycles. The van der Waals surface area contributed by atoms with Crippen molar-refractivity contribution in [3.63, 3.8) is 0 Å². The van der Waals surface area contributed by atoms with Gasteiger partial charge in [0.25, 0.3) is 5.91 Å². The summed E-state index contributed by atoms with van der Waals surface area (Å²) in [5.41, 5.74) is 4.50. The van der Waals surface area contributed by atoms with E-state index in [1.54, 1.807) is 12.1 Å². The molecule has 6 heteroatoms. The van der Waals surface area contributed by atoms with Crippen molar-refractivity contribution in [1.29, 1.82) is 0 Å². The first-order chi connectivity index (χ1) is 17.2. The molecule has 1 heterocycles. The summed E-state index contributed by atoms with van der Waals surface area (Å²) in [4.78, 5) is 13.0. The Kier molecular flexibility index (Phi) is 5.23. The maximum absolute atomic E-state index is 13.4. The molecule has 0 saturated heterocycles. The predicted octanol–water partition coefficient (Wildman–Crippen LogP) is 5.40. The van der Waals surface area contributed by atoms with Crippen molar-refractivity contribution in [2.75, 3.05) is 0 Å². The SMILES string of the molecule is CC1(NC(=O)c2ccccc2CC[C@]2(O)CCC3=Cc4c(cnn4-c4ccc(F)cc4)CC32C)CC1. The molecule has 0 bridgehead atoms. The van der Waals surface area contributed by atoms with Crippen LogP contribution in [0.1, 0.15) is 73.1 Å². The number of aryl methyl sites for hydroxylation is 1. The van der Waals surface area contributed by atoms with Gasteiger partial charge in [-0.25, -0.2) is 9.07 Å². The fraction of sp³-hybridized carbons (Fsp3) is 0.400. The number of fused-ring (bicyclic) bond motifs is 2. The van der Waals surface area contributed by atoms with E-state index in [-0.39, 0.29) is 17.3 Å². The molecule has 3 aliphatic carbocycles. The zero-order chi connectivity index (χ0) is 25.1. The number of aliphatic hydroxyl groups is 1. The third-order valence-corrected chi connectivity index (χ3v) is 8.84. The number of nitrogens with zero attached hydrogens (tertiary/aromatic N) is 2. The maximum atomic E-state index is 13.4. The van der Waals surface area contributed by atoms with E-state index >= 15 is 0 Å². The summed E-state index contributed by atoms with van der Waals surface area (Å²) in [6.07, 6.45) is 9.52. The highest BCUT2D eigenvalue weighted by Crippen LogP contribution is 2.56. The Morgan fingerprint density at radius 3 is 2.61 bits per heavy atom. The molecule has 36 heavy (non-hydrogen) atoms. The van der Waals surface area contributed by atoms with Gasteiger partial charge in [0.1, 0.15) is 5.82 Å². The molecule has 2 fully saturated rings. The van der Waals surface area contributed by atoms with Crippen molar-refractivity contribution in [3.8, 4) is 5.69 Å². The number of hydrogen-bond donors (Lipinski definition) is 2.